The normalized spacial score (nSPS) is 15.9. The van der Waals surface area contributed by atoms with Gasteiger partial charge in [0.1, 0.15) is 0 Å². The third-order valence-electron chi connectivity index (χ3n) is 6.05. The minimum Gasteiger partial charge on any atom is -0.369 e. The number of carbonyl (C=O) groups excluding carboxylic acids is 1. The van der Waals surface area contributed by atoms with E-state index in [2.05, 4.69) is 85.3 Å². The number of benzene rings is 2. The Morgan fingerprint density at radius 2 is 1.72 bits per heavy atom. The monoisotopic (exact) mass is 393 g/mol. The topological polar surface area (TPSA) is 35.6 Å². The van der Waals surface area contributed by atoms with Gasteiger partial charge in [-0.15, -0.1) is 0 Å². The van der Waals surface area contributed by atoms with E-state index in [1.165, 1.54) is 22.4 Å². The van der Waals surface area contributed by atoms with Crippen LogP contribution in [0, 0.1) is 13.8 Å². The van der Waals surface area contributed by atoms with Crippen molar-refractivity contribution in [3.05, 3.63) is 64.7 Å². The molecule has 3 rings (SSSR count). The quantitative estimate of drug-likeness (QED) is 0.764. The van der Waals surface area contributed by atoms with Gasteiger partial charge < -0.3 is 10.2 Å². The number of piperazine rings is 1. The third-order valence-corrected chi connectivity index (χ3v) is 6.05. The lowest BCUT2D eigenvalue weighted by molar-refractivity contribution is -0.123. The first-order chi connectivity index (χ1) is 14.0. The highest BCUT2D eigenvalue weighted by molar-refractivity contribution is 5.78. The van der Waals surface area contributed by atoms with Crippen LogP contribution in [0.25, 0.3) is 0 Å². The Bertz CT molecular complexity index is 807. The van der Waals surface area contributed by atoms with Gasteiger partial charge in [0.15, 0.2) is 0 Å². The number of hydrogen-bond donors (Lipinski definition) is 1. The van der Waals surface area contributed by atoms with Crippen molar-refractivity contribution < 1.29 is 4.79 Å². The molecule has 1 fully saturated rings. The first-order valence-electron chi connectivity index (χ1n) is 10.9. The number of nitrogens with zero attached hydrogens (tertiary/aromatic N) is 2. The molecule has 0 bridgehead atoms. The standard InChI is InChI=1S/C25H35N3O/c1-5-7-22-10-12-23(13-11-22)21(4)26-25(29)18-27-14-16-28(17-15-27)24-9-6-8-19(2)20(24)3/h6,8-13,21H,5,7,14-18H2,1-4H3,(H,26,29)/t21-/m0/s1. The van der Waals surface area contributed by atoms with Gasteiger partial charge in [-0.05, 0) is 55.5 Å². The highest BCUT2D eigenvalue weighted by Gasteiger charge is 2.21. The molecule has 0 aromatic heterocycles. The first kappa shape index (κ1) is 21.4. The zero-order chi connectivity index (χ0) is 20.8. The largest absolute Gasteiger partial charge is 0.369 e. The summed E-state index contributed by atoms with van der Waals surface area (Å²) in [4.78, 5) is 17.2. The van der Waals surface area contributed by atoms with Gasteiger partial charge in [0.05, 0.1) is 12.6 Å². The van der Waals surface area contributed by atoms with Crippen molar-refractivity contribution in [2.45, 2.75) is 46.6 Å². The SMILES string of the molecule is CCCc1ccc([C@H](C)NC(=O)CN2CCN(c3cccc(C)c3C)CC2)cc1. The molecule has 156 valence electrons. The molecule has 1 atom stereocenters. The smallest absolute Gasteiger partial charge is 0.234 e. The summed E-state index contributed by atoms with van der Waals surface area (Å²) in [6, 6.07) is 15.2. The Labute approximate surface area is 175 Å². The Morgan fingerprint density at radius 3 is 2.38 bits per heavy atom. The molecule has 4 heteroatoms. The number of amides is 1. The van der Waals surface area contributed by atoms with Gasteiger partial charge >= 0.3 is 0 Å². The molecule has 4 nitrogen and oxygen atoms in total. The maximum Gasteiger partial charge on any atom is 0.234 e. The van der Waals surface area contributed by atoms with E-state index < -0.39 is 0 Å². The summed E-state index contributed by atoms with van der Waals surface area (Å²) in [5.41, 5.74) is 6.54. The van der Waals surface area contributed by atoms with E-state index in [0.29, 0.717) is 6.54 Å². The number of carbonyl (C=O) groups is 1. The minimum absolute atomic E-state index is 0.0365. The van der Waals surface area contributed by atoms with Crippen molar-refractivity contribution in [1.29, 1.82) is 0 Å². The number of nitrogens with one attached hydrogen (secondary N) is 1. The van der Waals surface area contributed by atoms with Gasteiger partial charge in [0.25, 0.3) is 0 Å². The van der Waals surface area contributed by atoms with Crippen molar-refractivity contribution in [3.8, 4) is 0 Å². The van der Waals surface area contributed by atoms with Crippen molar-refractivity contribution in [2.75, 3.05) is 37.6 Å². The van der Waals surface area contributed by atoms with Crippen molar-refractivity contribution >= 4 is 11.6 Å². The maximum atomic E-state index is 12.5. The summed E-state index contributed by atoms with van der Waals surface area (Å²) in [5, 5.41) is 3.16. The molecule has 0 unspecified atom stereocenters. The lowest BCUT2D eigenvalue weighted by atomic mass is 10.0. The van der Waals surface area contributed by atoms with Crippen LogP contribution in [-0.4, -0.2) is 43.5 Å². The van der Waals surface area contributed by atoms with Crippen LogP contribution < -0.4 is 10.2 Å². The average Bonchev–Trinajstić information content (AvgIpc) is 2.71. The number of aryl methyl sites for hydroxylation is 2. The van der Waals surface area contributed by atoms with Gasteiger partial charge in [-0.2, -0.15) is 0 Å². The molecule has 0 aliphatic carbocycles. The number of anilines is 1. The molecule has 2 aromatic carbocycles. The van der Waals surface area contributed by atoms with Crippen LogP contribution in [0.5, 0.6) is 0 Å². The highest BCUT2D eigenvalue weighted by Crippen LogP contribution is 2.23. The summed E-state index contributed by atoms with van der Waals surface area (Å²) in [6.07, 6.45) is 2.26. The minimum atomic E-state index is 0.0365. The van der Waals surface area contributed by atoms with E-state index in [9.17, 15) is 4.79 Å². The molecular weight excluding hydrogens is 358 g/mol. The third kappa shape index (κ3) is 5.60. The van der Waals surface area contributed by atoms with Crippen molar-refractivity contribution in [2.24, 2.45) is 0 Å². The van der Waals surface area contributed by atoms with Crippen LogP contribution in [0.3, 0.4) is 0 Å². The predicted molar refractivity (Wildman–Crippen MR) is 122 cm³/mol. The second-order valence-corrected chi connectivity index (χ2v) is 8.26. The molecule has 1 saturated heterocycles. The summed E-state index contributed by atoms with van der Waals surface area (Å²) in [6.45, 7) is 12.8. The molecule has 29 heavy (non-hydrogen) atoms. The maximum absolute atomic E-state index is 12.5. The van der Waals surface area contributed by atoms with E-state index in [0.717, 1.165) is 44.6 Å². The zero-order valence-electron chi connectivity index (χ0n) is 18.4. The van der Waals surface area contributed by atoms with Crippen LogP contribution in [0.2, 0.25) is 0 Å². The van der Waals surface area contributed by atoms with Crippen LogP contribution in [0.4, 0.5) is 5.69 Å². The van der Waals surface area contributed by atoms with Crippen LogP contribution in [-0.2, 0) is 11.2 Å². The second-order valence-electron chi connectivity index (χ2n) is 8.26. The van der Waals surface area contributed by atoms with E-state index >= 15 is 0 Å². The molecule has 1 amide bonds. The molecule has 0 saturated carbocycles. The van der Waals surface area contributed by atoms with Crippen molar-refractivity contribution in [3.63, 3.8) is 0 Å². The van der Waals surface area contributed by atoms with E-state index in [-0.39, 0.29) is 11.9 Å². The Hall–Kier alpha value is -2.33. The van der Waals surface area contributed by atoms with Gasteiger partial charge in [-0.25, -0.2) is 0 Å². The summed E-state index contributed by atoms with van der Waals surface area (Å²) in [5.74, 6) is 0.107. The number of rotatable bonds is 7. The van der Waals surface area contributed by atoms with Crippen LogP contribution in [0.1, 0.15) is 48.6 Å². The van der Waals surface area contributed by atoms with Crippen LogP contribution in [0.15, 0.2) is 42.5 Å². The Balaban J connectivity index is 1.47. The summed E-state index contributed by atoms with van der Waals surface area (Å²) >= 11 is 0. The van der Waals surface area contributed by atoms with Gasteiger partial charge in [0.2, 0.25) is 5.91 Å². The number of hydrogen-bond acceptors (Lipinski definition) is 3. The molecule has 0 spiro atoms. The van der Waals surface area contributed by atoms with Gasteiger partial charge in [-0.3, -0.25) is 9.69 Å². The fourth-order valence-electron chi connectivity index (χ4n) is 4.06. The highest BCUT2D eigenvalue weighted by atomic mass is 16.2. The lowest BCUT2D eigenvalue weighted by Gasteiger charge is -2.36. The van der Waals surface area contributed by atoms with E-state index in [1.807, 2.05) is 0 Å². The fraction of sp³-hybridized carbons (Fsp3) is 0.480. The summed E-state index contributed by atoms with van der Waals surface area (Å²) < 4.78 is 0. The second kappa shape index (κ2) is 9.93. The fourth-order valence-corrected chi connectivity index (χ4v) is 4.06. The first-order valence-corrected chi connectivity index (χ1v) is 10.9. The average molecular weight is 394 g/mol. The lowest BCUT2D eigenvalue weighted by Crippen LogP contribution is -2.49. The zero-order valence-corrected chi connectivity index (χ0v) is 18.4. The molecular formula is C25H35N3O. The molecule has 1 heterocycles. The van der Waals surface area contributed by atoms with E-state index in [4.69, 9.17) is 0 Å². The Kier molecular flexibility index (Phi) is 7.32. The molecule has 1 N–H and O–H groups in total. The van der Waals surface area contributed by atoms with Crippen molar-refractivity contribution in [1.82, 2.24) is 10.2 Å². The molecule has 2 aromatic rings. The van der Waals surface area contributed by atoms with Gasteiger partial charge in [0, 0.05) is 31.9 Å². The molecule has 0 radical (unpaired) electrons. The molecule has 1 aliphatic heterocycles. The molecule has 1 aliphatic rings. The Morgan fingerprint density at radius 1 is 1.03 bits per heavy atom. The summed E-state index contributed by atoms with van der Waals surface area (Å²) in [7, 11) is 0. The van der Waals surface area contributed by atoms with Crippen LogP contribution >= 0.6 is 0 Å². The predicted octanol–water partition coefficient (Wildman–Crippen LogP) is 4.26. The van der Waals surface area contributed by atoms with E-state index in [1.54, 1.807) is 0 Å². The van der Waals surface area contributed by atoms with Gasteiger partial charge in [-0.1, -0.05) is 49.7 Å².